The fraction of sp³-hybridized carbons (Fsp3) is 0.350. The molecular formula is C20H26N2O4S. The van der Waals surface area contributed by atoms with E-state index in [0.29, 0.717) is 17.1 Å². The first-order valence-corrected chi connectivity index (χ1v) is 10.5. The number of rotatable bonds is 9. The van der Waals surface area contributed by atoms with Gasteiger partial charge in [-0.1, -0.05) is 32.4 Å². The van der Waals surface area contributed by atoms with Gasteiger partial charge in [0.2, 0.25) is 5.91 Å². The molecule has 0 aliphatic rings. The molecule has 0 aromatic heterocycles. The molecule has 146 valence electrons. The van der Waals surface area contributed by atoms with Crippen LogP contribution in [0.3, 0.4) is 0 Å². The van der Waals surface area contributed by atoms with E-state index in [1.54, 1.807) is 19.1 Å². The van der Waals surface area contributed by atoms with Gasteiger partial charge in [-0.15, -0.1) is 0 Å². The Morgan fingerprint density at radius 3 is 2.37 bits per heavy atom. The molecule has 2 N–H and O–H groups in total. The molecule has 1 amide bonds. The molecule has 2 rings (SSSR count). The van der Waals surface area contributed by atoms with Gasteiger partial charge in [-0.3, -0.25) is 9.52 Å². The number of ether oxygens (including phenoxy) is 1. The van der Waals surface area contributed by atoms with Gasteiger partial charge < -0.3 is 10.1 Å². The molecule has 0 aliphatic carbocycles. The summed E-state index contributed by atoms with van der Waals surface area (Å²) >= 11 is 0. The molecule has 0 spiro atoms. The summed E-state index contributed by atoms with van der Waals surface area (Å²) in [5.74, 6) is 0.175. The summed E-state index contributed by atoms with van der Waals surface area (Å²) in [7, 11) is -2.33. The molecular weight excluding hydrogens is 364 g/mol. The van der Waals surface area contributed by atoms with E-state index in [4.69, 9.17) is 4.74 Å². The Morgan fingerprint density at radius 2 is 1.78 bits per heavy atom. The first-order valence-electron chi connectivity index (χ1n) is 8.99. The number of benzene rings is 2. The highest BCUT2D eigenvalue weighted by Crippen LogP contribution is 2.28. The van der Waals surface area contributed by atoms with Crippen molar-refractivity contribution < 1.29 is 17.9 Å². The molecule has 0 radical (unpaired) electrons. The third kappa shape index (κ3) is 5.72. The molecule has 2 aromatic rings. The van der Waals surface area contributed by atoms with Crippen molar-refractivity contribution in [3.8, 4) is 5.75 Å². The molecule has 0 saturated heterocycles. The van der Waals surface area contributed by atoms with E-state index in [1.165, 1.54) is 30.9 Å². The van der Waals surface area contributed by atoms with E-state index in [9.17, 15) is 13.2 Å². The average Bonchev–Trinajstić information content (AvgIpc) is 2.67. The number of methoxy groups -OCH3 is 1. The molecule has 0 atom stereocenters. The molecule has 7 heteroatoms. The fourth-order valence-corrected chi connectivity index (χ4v) is 3.61. The number of aryl methyl sites for hydroxylation is 1. The van der Waals surface area contributed by atoms with Crippen molar-refractivity contribution in [2.24, 2.45) is 0 Å². The second-order valence-electron chi connectivity index (χ2n) is 6.17. The van der Waals surface area contributed by atoms with Gasteiger partial charge in [0.05, 0.1) is 17.7 Å². The van der Waals surface area contributed by atoms with Crippen molar-refractivity contribution in [3.05, 3.63) is 48.0 Å². The summed E-state index contributed by atoms with van der Waals surface area (Å²) in [4.78, 5) is 11.7. The summed E-state index contributed by atoms with van der Waals surface area (Å²) in [6.45, 7) is 3.85. The second-order valence-corrected chi connectivity index (χ2v) is 7.85. The number of amides is 1. The smallest absolute Gasteiger partial charge is 0.261 e. The third-order valence-electron chi connectivity index (χ3n) is 4.10. The Morgan fingerprint density at radius 1 is 1.07 bits per heavy atom. The highest BCUT2D eigenvalue weighted by molar-refractivity contribution is 7.92. The number of sulfonamides is 1. The predicted molar refractivity (Wildman–Crippen MR) is 108 cm³/mol. The van der Waals surface area contributed by atoms with Gasteiger partial charge >= 0.3 is 0 Å². The van der Waals surface area contributed by atoms with Crippen LogP contribution in [0.4, 0.5) is 11.4 Å². The van der Waals surface area contributed by atoms with Crippen LogP contribution in [0.5, 0.6) is 5.75 Å². The molecule has 0 fully saturated rings. The molecule has 0 saturated carbocycles. The normalized spacial score (nSPS) is 11.1. The average molecular weight is 391 g/mol. The number of nitrogens with one attached hydrogen (secondary N) is 2. The van der Waals surface area contributed by atoms with Gasteiger partial charge in [0, 0.05) is 12.1 Å². The fourth-order valence-electron chi connectivity index (χ4n) is 2.52. The zero-order valence-electron chi connectivity index (χ0n) is 15.9. The first-order chi connectivity index (χ1) is 12.9. The number of anilines is 2. The Bertz CT molecular complexity index is 877. The van der Waals surface area contributed by atoms with Gasteiger partial charge in [0.25, 0.3) is 10.0 Å². The van der Waals surface area contributed by atoms with E-state index < -0.39 is 10.0 Å². The first kappa shape index (κ1) is 20.8. The van der Waals surface area contributed by atoms with Crippen LogP contribution in [-0.2, 0) is 21.2 Å². The molecule has 0 aliphatic heterocycles. The molecule has 0 bridgehead atoms. The zero-order chi connectivity index (χ0) is 19.9. The van der Waals surface area contributed by atoms with Gasteiger partial charge in [0.1, 0.15) is 5.75 Å². The van der Waals surface area contributed by atoms with Crippen molar-refractivity contribution in [1.29, 1.82) is 0 Å². The topological polar surface area (TPSA) is 84.5 Å². The lowest BCUT2D eigenvalue weighted by Gasteiger charge is -2.13. The van der Waals surface area contributed by atoms with Crippen LogP contribution in [0.2, 0.25) is 0 Å². The summed E-state index contributed by atoms with van der Waals surface area (Å²) in [5.41, 5.74) is 1.99. The number of unbranched alkanes of at least 4 members (excludes halogenated alkanes) is 1. The van der Waals surface area contributed by atoms with Crippen LogP contribution in [0.15, 0.2) is 47.4 Å². The minimum Gasteiger partial charge on any atom is -0.495 e. The maximum atomic E-state index is 12.7. The minimum atomic E-state index is -3.79. The Balaban J connectivity index is 2.22. The van der Waals surface area contributed by atoms with E-state index in [-0.39, 0.29) is 17.2 Å². The van der Waals surface area contributed by atoms with Crippen LogP contribution in [0, 0.1) is 0 Å². The van der Waals surface area contributed by atoms with Crippen LogP contribution < -0.4 is 14.8 Å². The molecule has 2 aromatic carbocycles. The summed E-state index contributed by atoms with van der Waals surface area (Å²) < 4.78 is 33.2. The number of hydrogen-bond donors (Lipinski definition) is 2. The number of carbonyl (C=O) groups excluding carboxylic acids is 1. The van der Waals surface area contributed by atoms with Gasteiger partial charge in [0.15, 0.2) is 0 Å². The molecule has 6 nitrogen and oxygen atoms in total. The van der Waals surface area contributed by atoms with E-state index in [1.807, 2.05) is 12.1 Å². The van der Waals surface area contributed by atoms with E-state index >= 15 is 0 Å². The third-order valence-corrected chi connectivity index (χ3v) is 5.48. The minimum absolute atomic E-state index is 0.0461. The maximum absolute atomic E-state index is 12.7. The van der Waals surface area contributed by atoms with Crippen molar-refractivity contribution in [1.82, 2.24) is 0 Å². The van der Waals surface area contributed by atoms with Crippen molar-refractivity contribution in [3.63, 3.8) is 0 Å². The predicted octanol–water partition coefficient (Wildman–Crippen LogP) is 4.19. The van der Waals surface area contributed by atoms with Crippen LogP contribution in [0.1, 0.15) is 38.7 Å². The standard InChI is InChI=1S/C20H26N2O4S/c1-4-6-7-15-8-10-16(11-9-15)22-27(24,25)17-12-13-19(26-3)18(14-17)21-20(23)5-2/h8-14,22H,4-7H2,1-3H3,(H,21,23). The molecule has 0 unspecified atom stereocenters. The monoisotopic (exact) mass is 390 g/mol. The van der Waals surface area contributed by atoms with Crippen molar-refractivity contribution in [2.45, 2.75) is 44.4 Å². The SMILES string of the molecule is CCCCc1ccc(NS(=O)(=O)c2ccc(OC)c(NC(=O)CC)c2)cc1. The Kier molecular flexibility index (Phi) is 7.24. The summed E-state index contributed by atoms with van der Waals surface area (Å²) in [5, 5.41) is 2.66. The van der Waals surface area contributed by atoms with Crippen molar-refractivity contribution in [2.75, 3.05) is 17.1 Å². The van der Waals surface area contributed by atoms with Gasteiger partial charge in [-0.05, 0) is 48.7 Å². The number of carbonyl (C=O) groups is 1. The van der Waals surface area contributed by atoms with E-state index in [0.717, 1.165) is 19.3 Å². The lowest BCUT2D eigenvalue weighted by molar-refractivity contribution is -0.115. The molecule has 0 heterocycles. The van der Waals surface area contributed by atoms with E-state index in [2.05, 4.69) is 17.0 Å². The summed E-state index contributed by atoms with van der Waals surface area (Å²) in [6, 6.07) is 11.7. The lowest BCUT2D eigenvalue weighted by atomic mass is 10.1. The zero-order valence-corrected chi connectivity index (χ0v) is 16.7. The quantitative estimate of drug-likeness (QED) is 0.672. The lowest BCUT2D eigenvalue weighted by Crippen LogP contribution is -2.15. The van der Waals surface area contributed by atoms with Crippen LogP contribution in [0.25, 0.3) is 0 Å². The largest absolute Gasteiger partial charge is 0.495 e. The highest BCUT2D eigenvalue weighted by Gasteiger charge is 2.17. The van der Waals surface area contributed by atoms with Gasteiger partial charge in [-0.2, -0.15) is 0 Å². The molecule has 27 heavy (non-hydrogen) atoms. The highest BCUT2D eigenvalue weighted by atomic mass is 32.2. The van der Waals surface area contributed by atoms with Gasteiger partial charge in [-0.25, -0.2) is 8.42 Å². The van der Waals surface area contributed by atoms with Crippen LogP contribution >= 0.6 is 0 Å². The maximum Gasteiger partial charge on any atom is 0.261 e. The Hall–Kier alpha value is -2.54. The van der Waals surface area contributed by atoms with Crippen molar-refractivity contribution >= 4 is 27.3 Å². The summed E-state index contributed by atoms with van der Waals surface area (Å²) in [6.07, 6.45) is 3.47. The number of hydrogen-bond acceptors (Lipinski definition) is 4. The second kappa shape index (κ2) is 9.41. The van der Waals surface area contributed by atoms with Crippen LogP contribution in [-0.4, -0.2) is 21.4 Å². The Labute approximate surface area is 161 Å².